The van der Waals surface area contributed by atoms with Crippen LogP contribution in [0.3, 0.4) is 0 Å². The molecular formula is C24H25N7O2. The molecule has 0 aliphatic carbocycles. The van der Waals surface area contributed by atoms with E-state index >= 15 is 0 Å². The van der Waals surface area contributed by atoms with Gasteiger partial charge in [0.2, 0.25) is 0 Å². The second kappa shape index (κ2) is 9.05. The standard InChI is InChI=1S/C24H25N7O2/c1-30-9-8-19(33-28-24(32)16-6-4-3-5-7-16)12-23(30)21-11-17-10-20(22-15-31(2)29-27-22)25-13-18(17)14-26-21/h3-7,10-11,13-15,19,23H,8-9,12H2,1-2H3,(H,28,32). The summed E-state index contributed by atoms with van der Waals surface area (Å²) in [6.07, 6.45) is 6.97. The molecule has 4 aromatic rings. The first-order valence-corrected chi connectivity index (χ1v) is 10.9. The number of aromatic nitrogens is 5. The van der Waals surface area contributed by atoms with Crippen LogP contribution in [0.5, 0.6) is 0 Å². The molecule has 0 bridgehead atoms. The summed E-state index contributed by atoms with van der Waals surface area (Å²) >= 11 is 0. The summed E-state index contributed by atoms with van der Waals surface area (Å²) in [5.74, 6) is -0.237. The van der Waals surface area contributed by atoms with Crippen molar-refractivity contribution in [1.82, 2.24) is 35.3 Å². The van der Waals surface area contributed by atoms with Crippen molar-refractivity contribution >= 4 is 16.7 Å². The van der Waals surface area contributed by atoms with Gasteiger partial charge in [0, 0.05) is 36.9 Å². The lowest BCUT2D eigenvalue weighted by molar-refractivity contribution is -0.0542. The van der Waals surface area contributed by atoms with E-state index in [0.717, 1.165) is 47.2 Å². The van der Waals surface area contributed by atoms with Crippen LogP contribution in [0.4, 0.5) is 0 Å². The molecule has 168 valence electrons. The van der Waals surface area contributed by atoms with Crippen molar-refractivity contribution in [2.75, 3.05) is 13.6 Å². The highest BCUT2D eigenvalue weighted by atomic mass is 16.7. The maximum Gasteiger partial charge on any atom is 0.274 e. The lowest BCUT2D eigenvalue weighted by atomic mass is 9.96. The number of aryl methyl sites for hydroxylation is 1. The van der Waals surface area contributed by atoms with Crippen molar-refractivity contribution in [3.05, 3.63) is 72.3 Å². The number of hydrogen-bond donors (Lipinski definition) is 1. The molecule has 9 nitrogen and oxygen atoms in total. The van der Waals surface area contributed by atoms with Crippen LogP contribution in [0.1, 0.15) is 34.9 Å². The average molecular weight is 444 g/mol. The Morgan fingerprint density at radius 3 is 2.67 bits per heavy atom. The van der Waals surface area contributed by atoms with E-state index in [1.54, 1.807) is 16.8 Å². The van der Waals surface area contributed by atoms with Crippen LogP contribution in [0.25, 0.3) is 22.2 Å². The van der Waals surface area contributed by atoms with E-state index in [0.29, 0.717) is 5.56 Å². The quantitative estimate of drug-likeness (QED) is 0.474. The molecule has 2 atom stereocenters. The number of amides is 1. The van der Waals surface area contributed by atoms with E-state index in [4.69, 9.17) is 9.82 Å². The van der Waals surface area contributed by atoms with Crippen LogP contribution in [0.2, 0.25) is 0 Å². The van der Waals surface area contributed by atoms with Crippen LogP contribution < -0.4 is 5.48 Å². The number of carbonyl (C=O) groups excluding carboxylic acids is 1. The highest BCUT2D eigenvalue weighted by molar-refractivity contribution is 5.93. The monoisotopic (exact) mass is 443 g/mol. The van der Waals surface area contributed by atoms with Crippen molar-refractivity contribution in [2.45, 2.75) is 25.0 Å². The number of carbonyl (C=O) groups is 1. The highest BCUT2D eigenvalue weighted by Gasteiger charge is 2.29. The van der Waals surface area contributed by atoms with E-state index in [-0.39, 0.29) is 18.1 Å². The second-order valence-electron chi connectivity index (χ2n) is 8.36. The van der Waals surface area contributed by atoms with Crippen LogP contribution in [0.15, 0.2) is 61.1 Å². The molecular weight excluding hydrogens is 418 g/mol. The predicted octanol–water partition coefficient (Wildman–Crippen LogP) is 2.92. The third kappa shape index (κ3) is 4.59. The predicted molar refractivity (Wildman–Crippen MR) is 123 cm³/mol. The summed E-state index contributed by atoms with van der Waals surface area (Å²) in [4.78, 5) is 29.6. The van der Waals surface area contributed by atoms with Gasteiger partial charge in [-0.1, -0.05) is 23.4 Å². The van der Waals surface area contributed by atoms with Crippen LogP contribution >= 0.6 is 0 Å². The molecule has 33 heavy (non-hydrogen) atoms. The first-order chi connectivity index (χ1) is 16.1. The Bertz CT molecular complexity index is 1270. The molecule has 1 amide bonds. The van der Waals surface area contributed by atoms with Gasteiger partial charge in [0.15, 0.2) is 0 Å². The first-order valence-electron chi connectivity index (χ1n) is 10.9. The molecule has 1 aromatic carbocycles. The molecule has 1 saturated heterocycles. The van der Waals surface area contributed by atoms with Gasteiger partial charge in [-0.3, -0.25) is 29.2 Å². The number of hydrogen-bond acceptors (Lipinski definition) is 7. The van der Waals surface area contributed by atoms with Crippen molar-refractivity contribution in [3.8, 4) is 11.4 Å². The Morgan fingerprint density at radius 1 is 1.06 bits per heavy atom. The Labute approximate surface area is 191 Å². The normalized spacial score (nSPS) is 19.0. The SMILES string of the molecule is CN1CCC(ONC(=O)c2ccccc2)CC1c1cc2cc(-c3cn(C)nn3)ncc2cn1. The summed E-state index contributed by atoms with van der Waals surface area (Å²) in [6.45, 7) is 0.845. The number of likely N-dealkylation sites (tertiary alicyclic amines) is 1. The summed E-state index contributed by atoms with van der Waals surface area (Å²) in [5.41, 5.74) is 5.65. The number of nitrogens with one attached hydrogen (secondary N) is 1. The average Bonchev–Trinajstić information content (AvgIpc) is 3.29. The molecule has 0 saturated carbocycles. The van der Waals surface area contributed by atoms with E-state index in [1.165, 1.54) is 0 Å². The van der Waals surface area contributed by atoms with E-state index in [1.807, 2.05) is 49.9 Å². The zero-order valence-electron chi connectivity index (χ0n) is 18.5. The summed E-state index contributed by atoms with van der Waals surface area (Å²) in [6, 6.07) is 13.3. The fourth-order valence-corrected chi connectivity index (χ4v) is 4.13. The number of benzene rings is 1. The zero-order valence-corrected chi connectivity index (χ0v) is 18.5. The number of rotatable bonds is 5. The molecule has 4 heterocycles. The molecule has 9 heteroatoms. The third-order valence-corrected chi connectivity index (χ3v) is 6.01. The fourth-order valence-electron chi connectivity index (χ4n) is 4.13. The smallest absolute Gasteiger partial charge is 0.274 e. The minimum atomic E-state index is -0.237. The molecule has 1 fully saturated rings. The molecule has 1 N–H and O–H groups in total. The summed E-state index contributed by atoms with van der Waals surface area (Å²) in [5, 5.41) is 10.2. The van der Waals surface area contributed by atoms with Gasteiger partial charge < -0.3 is 0 Å². The highest BCUT2D eigenvalue weighted by Crippen LogP contribution is 2.31. The summed E-state index contributed by atoms with van der Waals surface area (Å²) in [7, 11) is 3.92. The number of fused-ring (bicyclic) bond motifs is 1. The molecule has 0 spiro atoms. The van der Waals surface area contributed by atoms with Crippen LogP contribution in [-0.4, -0.2) is 55.5 Å². The minimum absolute atomic E-state index is 0.0786. The van der Waals surface area contributed by atoms with Gasteiger partial charge in [0.25, 0.3) is 5.91 Å². The Hall–Kier alpha value is -3.69. The Kier molecular flexibility index (Phi) is 5.80. The van der Waals surface area contributed by atoms with Gasteiger partial charge in [0.05, 0.1) is 29.7 Å². The van der Waals surface area contributed by atoms with Gasteiger partial charge in [-0.2, -0.15) is 0 Å². The van der Waals surface area contributed by atoms with Gasteiger partial charge in [-0.05, 0) is 49.5 Å². The molecule has 3 aromatic heterocycles. The maximum absolute atomic E-state index is 12.3. The zero-order chi connectivity index (χ0) is 22.8. The number of pyridine rings is 2. The van der Waals surface area contributed by atoms with E-state index in [9.17, 15) is 4.79 Å². The van der Waals surface area contributed by atoms with Crippen molar-refractivity contribution in [2.24, 2.45) is 7.05 Å². The molecule has 5 rings (SSSR count). The fraction of sp³-hybridized carbons (Fsp3) is 0.292. The number of hydroxylamine groups is 1. The molecule has 1 aliphatic heterocycles. The van der Waals surface area contributed by atoms with Crippen molar-refractivity contribution < 1.29 is 9.63 Å². The summed E-state index contributed by atoms with van der Waals surface area (Å²) < 4.78 is 1.66. The maximum atomic E-state index is 12.3. The van der Waals surface area contributed by atoms with Gasteiger partial charge in [0.1, 0.15) is 5.69 Å². The lowest BCUT2D eigenvalue weighted by Crippen LogP contribution is -2.40. The Morgan fingerprint density at radius 2 is 1.88 bits per heavy atom. The Balaban J connectivity index is 1.32. The van der Waals surface area contributed by atoms with Gasteiger partial charge in [-0.15, -0.1) is 5.10 Å². The first kappa shape index (κ1) is 21.2. The van der Waals surface area contributed by atoms with Crippen LogP contribution in [-0.2, 0) is 11.9 Å². The third-order valence-electron chi connectivity index (χ3n) is 6.01. The second-order valence-corrected chi connectivity index (χ2v) is 8.36. The molecule has 1 aliphatic rings. The number of piperidine rings is 1. The molecule has 0 radical (unpaired) electrons. The van der Waals surface area contributed by atoms with E-state index in [2.05, 4.69) is 38.8 Å². The number of nitrogens with zero attached hydrogens (tertiary/aromatic N) is 6. The van der Waals surface area contributed by atoms with Crippen LogP contribution in [0, 0.1) is 0 Å². The minimum Gasteiger partial charge on any atom is -0.298 e. The topological polar surface area (TPSA) is 98.1 Å². The molecule has 2 unspecified atom stereocenters. The largest absolute Gasteiger partial charge is 0.298 e. The van der Waals surface area contributed by atoms with Gasteiger partial charge >= 0.3 is 0 Å². The lowest BCUT2D eigenvalue weighted by Gasteiger charge is -2.36. The van der Waals surface area contributed by atoms with Crippen molar-refractivity contribution in [3.63, 3.8) is 0 Å². The van der Waals surface area contributed by atoms with Gasteiger partial charge in [-0.25, -0.2) is 5.48 Å². The van der Waals surface area contributed by atoms with E-state index < -0.39 is 0 Å². The van der Waals surface area contributed by atoms with Crippen molar-refractivity contribution in [1.29, 1.82) is 0 Å².